The third-order valence-electron chi connectivity index (χ3n) is 5.73. The molecule has 1 saturated carbocycles. The number of ether oxygens (including phenoxy) is 1. The molecule has 4 heteroatoms. The maximum absolute atomic E-state index is 14.7. The smallest absolute Gasteiger partial charge is 0.200 e. The average Bonchev–Trinajstić information content (AvgIpc) is 3.55. The third-order valence-corrected chi connectivity index (χ3v) is 5.73. The fourth-order valence-electron chi connectivity index (χ4n) is 3.79. The van der Waals surface area contributed by atoms with Gasteiger partial charge in [0.15, 0.2) is 11.6 Å². The van der Waals surface area contributed by atoms with Crippen LogP contribution in [-0.4, -0.2) is 31.1 Å². The molecule has 0 atom stereocenters. The highest BCUT2D eigenvalue weighted by molar-refractivity contribution is 5.38. The van der Waals surface area contributed by atoms with Crippen LogP contribution in [0.1, 0.15) is 71.8 Å². The summed E-state index contributed by atoms with van der Waals surface area (Å²) >= 11 is 0. The van der Waals surface area contributed by atoms with E-state index in [0.717, 1.165) is 56.0 Å². The SMILES string of the molecule is CC/C=C(C)\C(=C\CC)Cc1ccc(OCCN(CCC)CCC2CC2)c(F)c1F. The highest BCUT2D eigenvalue weighted by atomic mass is 19.2. The molecular weight excluding hydrogens is 380 g/mol. The molecule has 2 rings (SSSR count). The minimum absolute atomic E-state index is 0.0109. The van der Waals surface area contributed by atoms with Crippen LogP contribution in [0.4, 0.5) is 8.78 Å². The summed E-state index contributed by atoms with van der Waals surface area (Å²) in [5.74, 6) is -0.762. The van der Waals surface area contributed by atoms with Crippen molar-refractivity contribution in [2.45, 2.75) is 72.6 Å². The molecule has 1 aliphatic carbocycles. The van der Waals surface area contributed by atoms with Crippen LogP contribution in [0.3, 0.4) is 0 Å². The van der Waals surface area contributed by atoms with Gasteiger partial charge in [0.25, 0.3) is 0 Å². The summed E-state index contributed by atoms with van der Waals surface area (Å²) in [7, 11) is 0. The zero-order valence-electron chi connectivity index (χ0n) is 19.3. The molecular formula is C26H39F2NO. The fourth-order valence-corrected chi connectivity index (χ4v) is 3.79. The van der Waals surface area contributed by atoms with E-state index < -0.39 is 11.6 Å². The van der Waals surface area contributed by atoms with E-state index in [0.29, 0.717) is 18.6 Å². The molecule has 0 bridgehead atoms. The Hall–Kier alpha value is -1.68. The molecule has 30 heavy (non-hydrogen) atoms. The number of rotatable bonds is 14. The Morgan fingerprint density at radius 1 is 1.03 bits per heavy atom. The average molecular weight is 420 g/mol. The summed E-state index contributed by atoms with van der Waals surface area (Å²) in [6.07, 6.45) is 11.4. The van der Waals surface area contributed by atoms with Crippen LogP contribution in [-0.2, 0) is 6.42 Å². The van der Waals surface area contributed by atoms with Crippen molar-refractivity contribution in [3.8, 4) is 5.75 Å². The third kappa shape index (κ3) is 7.86. The lowest BCUT2D eigenvalue weighted by atomic mass is 9.97. The van der Waals surface area contributed by atoms with Crippen molar-refractivity contribution in [3.63, 3.8) is 0 Å². The largest absolute Gasteiger partial charge is 0.489 e. The van der Waals surface area contributed by atoms with Crippen molar-refractivity contribution in [1.82, 2.24) is 4.90 Å². The molecule has 1 aliphatic rings. The van der Waals surface area contributed by atoms with Crippen LogP contribution in [0.2, 0.25) is 0 Å². The van der Waals surface area contributed by atoms with Crippen LogP contribution < -0.4 is 4.74 Å². The number of benzene rings is 1. The van der Waals surface area contributed by atoms with Crippen molar-refractivity contribution < 1.29 is 13.5 Å². The van der Waals surface area contributed by atoms with Crippen molar-refractivity contribution in [3.05, 3.63) is 52.6 Å². The molecule has 0 aromatic heterocycles. The van der Waals surface area contributed by atoms with Crippen LogP contribution in [0.25, 0.3) is 0 Å². The Bertz CT molecular complexity index is 722. The molecule has 0 amide bonds. The lowest BCUT2D eigenvalue weighted by Gasteiger charge is -2.22. The summed E-state index contributed by atoms with van der Waals surface area (Å²) in [5.41, 5.74) is 2.55. The second-order valence-corrected chi connectivity index (χ2v) is 8.38. The van der Waals surface area contributed by atoms with E-state index in [1.165, 1.54) is 19.3 Å². The molecule has 0 unspecified atom stereocenters. The van der Waals surface area contributed by atoms with Gasteiger partial charge < -0.3 is 4.74 Å². The first-order valence-corrected chi connectivity index (χ1v) is 11.7. The molecule has 0 saturated heterocycles. The predicted octanol–water partition coefficient (Wildman–Crippen LogP) is 7.09. The first-order valence-electron chi connectivity index (χ1n) is 11.7. The molecule has 0 N–H and O–H groups in total. The molecule has 0 radical (unpaired) electrons. The van der Waals surface area contributed by atoms with E-state index in [1.54, 1.807) is 12.1 Å². The van der Waals surface area contributed by atoms with Gasteiger partial charge in [-0.05, 0) is 68.8 Å². The molecule has 1 aromatic carbocycles. The van der Waals surface area contributed by atoms with E-state index in [-0.39, 0.29) is 5.75 Å². The summed E-state index contributed by atoms with van der Waals surface area (Å²) in [5, 5.41) is 0. The zero-order valence-corrected chi connectivity index (χ0v) is 19.3. The van der Waals surface area contributed by atoms with Crippen molar-refractivity contribution >= 4 is 0 Å². The lowest BCUT2D eigenvalue weighted by molar-refractivity contribution is 0.199. The van der Waals surface area contributed by atoms with E-state index in [1.807, 2.05) is 6.92 Å². The Labute approximate surface area is 182 Å². The molecule has 168 valence electrons. The molecule has 0 heterocycles. The topological polar surface area (TPSA) is 12.5 Å². The van der Waals surface area contributed by atoms with Gasteiger partial charge in [0.1, 0.15) is 6.61 Å². The number of nitrogens with zero attached hydrogens (tertiary/aromatic N) is 1. The monoisotopic (exact) mass is 419 g/mol. The maximum atomic E-state index is 14.7. The molecule has 2 nitrogen and oxygen atoms in total. The Morgan fingerprint density at radius 3 is 2.40 bits per heavy atom. The maximum Gasteiger partial charge on any atom is 0.200 e. The molecule has 1 fully saturated rings. The highest BCUT2D eigenvalue weighted by Gasteiger charge is 2.22. The van der Waals surface area contributed by atoms with E-state index in [4.69, 9.17) is 4.74 Å². The van der Waals surface area contributed by atoms with Crippen LogP contribution in [0.15, 0.2) is 35.4 Å². The number of halogens is 2. The van der Waals surface area contributed by atoms with Gasteiger partial charge in [-0.3, -0.25) is 4.90 Å². The minimum Gasteiger partial charge on any atom is -0.489 e. The quantitative estimate of drug-likeness (QED) is 0.298. The summed E-state index contributed by atoms with van der Waals surface area (Å²) < 4.78 is 35.0. The van der Waals surface area contributed by atoms with Gasteiger partial charge >= 0.3 is 0 Å². The Kier molecular flexibility index (Phi) is 10.6. The second-order valence-electron chi connectivity index (χ2n) is 8.38. The van der Waals surface area contributed by atoms with Gasteiger partial charge in [-0.1, -0.05) is 57.4 Å². The highest BCUT2D eigenvalue weighted by Crippen LogP contribution is 2.32. The van der Waals surface area contributed by atoms with Gasteiger partial charge in [-0.2, -0.15) is 4.39 Å². The van der Waals surface area contributed by atoms with Gasteiger partial charge in [-0.15, -0.1) is 0 Å². The number of allylic oxidation sites excluding steroid dienone is 4. The Balaban J connectivity index is 1.97. The molecule has 0 aliphatic heterocycles. The first kappa shape index (κ1) is 24.6. The first-order chi connectivity index (χ1) is 14.5. The molecule has 0 spiro atoms. The summed E-state index contributed by atoms with van der Waals surface area (Å²) in [6, 6.07) is 3.23. The van der Waals surface area contributed by atoms with Crippen molar-refractivity contribution in [2.24, 2.45) is 5.92 Å². The van der Waals surface area contributed by atoms with Crippen LogP contribution >= 0.6 is 0 Å². The van der Waals surface area contributed by atoms with Crippen molar-refractivity contribution in [2.75, 3.05) is 26.2 Å². The summed E-state index contributed by atoms with van der Waals surface area (Å²) in [4.78, 5) is 2.37. The van der Waals surface area contributed by atoms with Gasteiger partial charge in [0.05, 0.1) is 0 Å². The van der Waals surface area contributed by atoms with Crippen LogP contribution in [0, 0.1) is 17.6 Å². The standard InChI is InChI=1S/C26H39F2NO/c1-5-8-20(4)22(9-6-2)19-23-12-13-24(26(28)25(23)27)30-18-17-29(15-7-3)16-14-21-10-11-21/h8-9,12-13,21H,5-7,10-11,14-19H2,1-4H3/b20-8-,22-9+. The van der Waals surface area contributed by atoms with E-state index in [9.17, 15) is 8.78 Å². The predicted molar refractivity (Wildman–Crippen MR) is 122 cm³/mol. The Morgan fingerprint density at radius 2 is 1.77 bits per heavy atom. The minimum atomic E-state index is -0.875. The second kappa shape index (κ2) is 12.9. The van der Waals surface area contributed by atoms with E-state index >= 15 is 0 Å². The number of hydrogen-bond acceptors (Lipinski definition) is 2. The fraction of sp³-hybridized carbons (Fsp3) is 0.615. The normalized spacial score (nSPS) is 15.2. The van der Waals surface area contributed by atoms with E-state index in [2.05, 4.69) is 37.8 Å². The van der Waals surface area contributed by atoms with Gasteiger partial charge in [-0.25, -0.2) is 4.39 Å². The summed E-state index contributed by atoms with van der Waals surface area (Å²) in [6.45, 7) is 11.5. The van der Waals surface area contributed by atoms with Crippen LogP contribution in [0.5, 0.6) is 5.75 Å². The van der Waals surface area contributed by atoms with Crippen molar-refractivity contribution in [1.29, 1.82) is 0 Å². The lowest BCUT2D eigenvalue weighted by Crippen LogP contribution is -2.30. The number of hydrogen-bond donors (Lipinski definition) is 0. The van der Waals surface area contributed by atoms with Gasteiger partial charge in [0.2, 0.25) is 5.82 Å². The zero-order chi connectivity index (χ0) is 21.9. The van der Waals surface area contributed by atoms with Gasteiger partial charge in [0, 0.05) is 13.0 Å². The molecule has 1 aromatic rings.